The Morgan fingerprint density at radius 3 is 2.33 bits per heavy atom. The Morgan fingerprint density at radius 2 is 1.76 bits per heavy atom. The van der Waals surface area contributed by atoms with Crippen molar-refractivity contribution in [3.8, 4) is 11.8 Å². The Bertz CT molecular complexity index is 713. The highest BCUT2D eigenvalue weighted by Gasteiger charge is 2.09. The minimum Gasteiger partial charge on any atom is -0.508 e. The van der Waals surface area contributed by atoms with Crippen LogP contribution in [0.1, 0.15) is 5.56 Å². The van der Waals surface area contributed by atoms with Gasteiger partial charge in [0.05, 0.1) is 0 Å². The van der Waals surface area contributed by atoms with E-state index in [1.165, 1.54) is 18.2 Å². The second-order valence-electron chi connectivity index (χ2n) is 4.22. The first kappa shape index (κ1) is 14.6. The van der Waals surface area contributed by atoms with Gasteiger partial charge in [-0.1, -0.05) is 23.7 Å². The fourth-order valence-corrected chi connectivity index (χ4v) is 1.74. The average Bonchev–Trinajstić information content (AvgIpc) is 2.49. The van der Waals surface area contributed by atoms with Gasteiger partial charge in [0.15, 0.2) is 0 Å². The van der Waals surface area contributed by atoms with E-state index in [-0.39, 0.29) is 11.3 Å². The molecule has 2 aromatic carbocycles. The second-order valence-corrected chi connectivity index (χ2v) is 4.66. The van der Waals surface area contributed by atoms with Crippen molar-refractivity contribution in [2.75, 3.05) is 5.32 Å². The molecule has 5 heteroatoms. The molecular formula is C16H11ClN2O2. The molecule has 2 rings (SSSR count). The number of rotatable bonds is 3. The molecule has 0 bridgehead atoms. The molecule has 104 valence electrons. The van der Waals surface area contributed by atoms with Crippen molar-refractivity contribution in [1.29, 1.82) is 5.26 Å². The smallest absolute Gasteiger partial charge is 0.266 e. The van der Waals surface area contributed by atoms with Crippen LogP contribution in [0.15, 0.2) is 54.1 Å². The zero-order chi connectivity index (χ0) is 15.2. The number of hydrogen-bond acceptors (Lipinski definition) is 3. The number of benzene rings is 2. The molecule has 21 heavy (non-hydrogen) atoms. The van der Waals surface area contributed by atoms with Gasteiger partial charge in [-0.05, 0) is 48.0 Å². The van der Waals surface area contributed by atoms with Crippen molar-refractivity contribution < 1.29 is 9.90 Å². The lowest BCUT2D eigenvalue weighted by Crippen LogP contribution is -2.13. The molecule has 2 N–H and O–H groups in total. The van der Waals surface area contributed by atoms with Crippen molar-refractivity contribution in [3.05, 3.63) is 64.7 Å². The molecular weight excluding hydrogens is 288 g/mol. The summed E-state index contributed by atoms with van der Waals surface area (Å²) < 4.78 is 0. The van der Waals surface area contributed by atoms with Crippen LogP contribution in [0.25, 0.3) is 6.08 Å². The minimum atomic E-state index is -0.507. The molecule has 0 saturated carbocycles. The molecule has 0 fully saturated rings. The number of anilines is 1. The number of aromatic hydroxyl groups is 1. The number of amides is 1. The Balaban J connectivity index is 2.17. The largest absolute Gasteiger partial charge is 0.508 e. The van der Waals surface area contributed by atoms with E-state index in [0.29, 0.717) is 16.3 Å². The summed E-state index contributed by atoms with van der Waals surface area (Å²) >= 11 is 5.76. The summed E-state index contributed by atoms with van der Waals surface area (Å²) in [5.41, 5.74) is 1.17. The Hall–Kier alpha value is -2.77. The van der Waals surface area contributed by atoms with Crippen LogP contribution in [-0.4, -0.2) is 11.0 Å². The monoisotopic (exact) mass is 298 g/mol. The maximum atomic E-state index is 12.0. The quantitative estimate of drug-likeness (QED) is 0.672. The number of carbonyl (C=O) groups is 1. The average molecular weight is 299 g/mol. The third-order valence-electron chi connectivity index (χ3n) is 2.67. The molecule has 0 unspecified atom stereocenters. The molecule has 0 aliphatic heterocycles. The van der Waals surface area contributed by atoms with Crippen LogP contribution < -0.4 is 5.32 Å². The van der Waals surface area contributed by atoms with Crippen LogP contribution in [0.3, 0.4) is 0 Å². The van der Waals surface area contributed by atoms with Gasteiger partial charge in [-0.2, -0.15) is 5.26 Å². The number of nitrogens with one attached hydrogen (secondary N) is 1. The third-order valence-corrected chi connectivity index (χ3v) is 2.92. The number of hydrogen-bond donors (Lipinski definition) is 2. The zero-order valence-electron chi connectivity index (χ0n) is 10.9. The Labute approximate surface area is 126 Å². The van der Waals surface area contributed by atoms with Gasteiger partial charge in [0.2, 0.25) is 0 Å². The molecule has 0 spiro atoms. The number of halogens is 1. The van der Waals surface area contributed by atoms with Crippen molar-refractivity contribution >= 4 is 29.3 Å². The van der Waals surface area contributed by atoms with E-state index in [0.717, 1.165) is 0 Å². The molecule has 0 heterocycles. The van der Waals surface area contributed by atoms with E-state index in [1.54, 1.807) is 36.4 Å². The summed E-state index contributed by atoms with van der Waals surface area (Å²) in [4.78, 5) is 12.0. The Kier molecular flexibility index (Phi) is 4.60. The maximum Gasteiger partial charge on any atom is 0.266 e. The normalized spacial score (nSPS) is 10.8. The van der Waals surface area contributed by atoms with E-state index in [4.69, 9.17) is 16.9 Å². The van der Waals surface area contributed by atoms with Gasteiger partial charge >= 0.3 is 0 Å². The topological polar surface area (TPSA) is 73.1 Å². The van der Waals surface area contributed by atoms with E-state index >= 15 is 0 Å². The highest BCUT2D eigenvalue weighted by Crippen LogP contribution is 2.16. The number of phenolic OH excluding ortho intramolecular Hbond substituents is 1. The minimum absolute atomic E-state index is 0.0318. The van der Waals surface area contributed by atoms with Gasteiger partial charge in [0.1, 0.15) is 17.4 Å². The van der Waals surface area contributed by atoms with Gasteiger partial charge in [-0.3, -0.25) is 4.79 Å². The summed E-state index contributed by atoms with van der Waals surface area (Å²) in [6.07, 6.45) is 1.45. The van der Waals surface area contributed by atoms with Gasteiger partial charge in [0.25, 0.3) is 5.91 Å². The van der Waals surface area contributed by atoms with Gasteiger partial charge in [0, 0.05) is 10.7 Å². The number of nitrogens with zero attached hydrogens (tertiary/aromatic N) is 1. The van der Waals surface area contributed by atoms with Gasteiger partial charge in [-0.15, -0.1) is 0 Å². The van der Waals surface area contributed by atoms with Crippen molar-refractivity contribution in [1.82, 2.24) is 0 Å². The number of nitriles is 1. The van der Waals surface area contributed by atoms with E-state index in [2.05, 4.69) is 5.32 Å². The van der Waals surface area contributed by atoms with Crippen LogP contribution in [0.4, 0.5) is 5.69 Å². The lowest BCUT2D eigenvalue weighted by Gasteiger charge is -2.04. The molecule has 0 aliphatic carbocycles. The molecule has 1 amide bonds. The van der Waals surface area contributed by atoms with Crippen LogP contribution >= 0.6 is 11.6 Å². The fourth-order valence-electron chi connectivity index (χ4n) is 1.62. The summed E-state index contributed by atoms with van der Waals surface area (Å²) in [6.45, 7) is 0. The van der Waals surface area contributed by atoms with Gasteiger partial charge in [-0.25, -0.2) is 0 Å². The van der Waals surface area contributed by atoms with Crippen LogP contribution in [-0.2, 0) is 4.79 Å². The first-order valence-electron chi connectivity index (χ1n) is 6.06. The summed E-state index contributed by atoms with van der Waals surface area (Å²) in [7, 11) is 0. The molecule has 2 aromatic rings. The molecule has 0 saturated heterocycles. The molecule has 0 atom stereocenters. The summed E-state index contributed by atoms with van der Waals surface area (Å²) in [6, 6.07) is 14.6. The predicted molar refractivity (Wildman–Crippen MR) is 81.8 cm³/mol. The molecule has 0 aliphatic rings. The standard InChI is InChI=1S/C16H11ClN2O2/c17-13-3-5-14(6-4-13)19-16(21)12(10-18)9-11-1-7-15(20)8-2-11/h1-9,20H,(H,19,21). The second kappa shape index (κ2) is 6.60. The zero-order valence-corrected chi connectivity index (χ0v) is 11.6. The van der Waals surface area contributed by atoms with Crippen LogP contribution in [0.2, 0.25) is 5.02 Å². The first-order valence-corrected chi connectivity index (χ1v) is 6.44. The fraction of sp³-hybridized carbons (Fsp3) is 0. The lowest BCUT2D eigenvalue weighted by molar-refractivity contribution is -0.112. The predicted octanol–water partition coefficient (Wildman–Crippen LogP) is 3.59. The first-order chi connectivity index (χ1) is 10.1. The van der Waals surface area contributed by atoms with Crippen LogP contribution in [0.5, 0.6) is 5.75 Å². The summed E-state index contributed by atoms with van der Waals surface area (Å²) in [5.74, 6) is -0.385. The third kappa shape index (κ3) is 4.10. The molecule has 0 radical (unpaired) electrons. The number of phenols is 1. The maximum absolute atomic E-state index is 12.0. The summed E-state index contributed by atoms with van der Waals surface area (Å²) in [5, 5.41) is 21.5. The highest BCUT2D eigenvalue weighted by atomic mass is 35.5. The van der Waals surface area contributed by atoms with Crippen LogP contribution in [0, 0.1) is 11.3 Å². The Morgan fingerprint density at radius 1 is 1.14 bits per heavy atom. The SMILES string of the molecule is N#CC(=Cc1ccc(O)cc1)C(=O)Nc1ccc(Cl)cc1. The molecule has 4 nitrogen and oxygen atoms in total. The van der Waals surface area contributed by atoms with E-state index < -0.39 is 5.91 Å². The lowest BCUT2D eigenvalue weighted by atomic mass is 10.1. The van der Waals surface area contributed by atoms with E-state index in [9.17, 15) is 9.90 Å². The highest BCUT2D eigenvalue weighted by molar-refractivity contribution is 6.30. The molecule has 0 aromatic heterocycles. The number of carbonyl (C=O) groups excluding carboxylic acids is 1. The van der Waals surface area contributed by atoms with E-state index in [1.807, 2.05) is 6.07 Å². The van der Waals surface area contributed by atoms with Crippen molar-refractivity contribution in [3.63, 3.8) is 0 Å². The van der Waals surface area contributed by atoms with Crippen molar-refractivity contribution in [2.24, 2.45) is 0 Å². The van der Waals surface area contributed by atoms with Gasteiger partial charge < -0.3 is 10.4 Å². The van der Waals surface area contributed by atoms with Crippen molar-refractivity contribution in [2.45, 2.75) is 0 Å².